The Balaban J connectivity index is 1.59. The van der Waals surface area contributed by atoms with Gasteiger partial charge in [0.1, 0.15) is 35.9 Å². The zero-order valence-corrected chi connectivity index (χ0v) is 15.8. The number of aromatic nitrogens is 3. The fraction of sp³-hybridized carbons (Fsp3) is 0.500. The SMILES string of the molecule is CCC1C(C(=NC)NOCc2ncc(-c3ccon3)cn2)C(=O)OC1(C)C. The molecule has 0 saturated carbocycles. The highest BCUT2D eigenvalue weighted by molar-refractivity contribution is 6.02. The smallest absolute Gasteiger partial charge is 0.317 e. The normalized spacial score (nSPS) is 21.9. The Hall–Kier alpha value is -2.81. The molecule has 2 aromatic rings. The van der Waals surface area contributed by atoms with Crippen LogP contribution in [0.25, 0.3) is 11.3 Å². The van der Waals surface area contributed by atoms with Gasteiger partial charge in [-0.2, -0.15) is 0 Å². The summed E-state index contributed by atoms with van der Waals surface area (Å²) in [5.74, 6) is 0.156. The first-order valence-corrected chi connectivity index (χ1v) is 8.75. The molecule has 0 spiro atoms. The molecule has 0 aromatic carbocycles. The minimum Gasteiger partial charge on any atom is -0.459 e. The number of carbonyl (C=O) groups excluding carboxylic acids is 1. The average Bonchev–Trinajstić information content (AvgIpc) is 3.25. The number of nitrogens with one attached hydrogen (secondary N) is 1. The molecule has 1 saturated heterocycles. The van der Waals surface area contributed by atoms with Crippen LogP contribution in [0.3, 0.4) is 0 Å². The molecule has 3 heterocycles. The predicted molar refractivity (Wildman–Crippen MR) is 96.3 cm³/mol. The van der Waals surface area contributed by atoms with Crippen LogP contribution in [0.2, 0.25) is 0 Å². The number of esters is 1. The molecule has 0 amide bonds. The molecular formula is C18H23N5O4. The van der Waals surface area contributed by atoms with Crippen LogP contribution in [0.5, 0.6) is 0 Å². The van der Waals surface area contributed by atoms with Crippen molar-refractivity contribution in [2.75, 3.05) is 7.05 Å². The Morgan fingerprint density at radius 1 is 1.37 bits per heavy atom. The van der Waals surface area contributed by atoms with E-state index in [0.29, 0.717) is 17.4 Å². The van der Waals surface area contributed by atoms with Crippen LogP contribution in [-0.2, 0) is 21.0 Å². The van der Waals surface area contributed by atoms with E-state index in [4.69, 9.17) is 14.1 Å². The summed E-state index contributed by atoms with van der Waals surface area (Å²) in [6, 6.07) is 1.73. The highest BCUT2D eigenvalue weighted by Crippen LogP contribution is 2.39. The zero-order chi connectivity index (χ0) is 19.4. The summed E-state index contributed by atoms with van der Waals surface area (Å²) in [6.45, 7) is 5.97. The molecule has 1 N–H and O–H groups in total. The summed E-state index contributed by atoms with van der Waals surface area (Å²) in [4.78, 5) is 30.4. The number of rotatable bonds is 6. The minimum atomic E-state index is -0.534. The first-order valence-electron chi connectivity index (χ1n) is 8.75. The van der Waals surface area contributed by atoms with E-state index in [-0.39, 0.29) is 18.5 Å². The summed E-state index contributed by atoms with van der Waals surface area (Å²) >= 11 is 0. The zero-order valence-electron chi connectivity index (χ0n) is 15.8. The van der Waals surface area contributed by atoms with E-state index in [0.717, 1.165) is 12.0 Å². The van der Waals surface area contributed by atoms with Crippen LogP contribution in [0.15, 0.2) is 34.2 Å². The number of hydrogen-bond donors (Lipinski definition) is 1. The quantitative estimate of drug-likeness (QED) is 0.355. The fourth-order valence-corrected chi connectivity index (χ4v) is 3.34. The van der Waals surface area contributed by atoms with Crippen molar-refractivity contribution >= 4 is 11.8 Å². The predicted octanol–water partition coefficient (Wildman–Crippen LogP) is 2.16. The third kappa shape index (κ3) is 3.97. The molecule has 0 bridgehead atoms. The largest absolute Gasteiger partial charge is 0.459 e. The molecule has 0 radical (unpaired) electrons. The monoisotopic (exact) mass is 373 g/mol. The number of hydroxylamine groups is 1. The van der Waals surface area contributed by atoms with Crippen molar-refractivity contribution in [1.29, 1.82) is 0 Å². The summed E-state index contributed by atoms with van der Waals surface area (Å²) in [5.41, 5.74) is 3.65. The van der Waals surface area contributed by atoms with Crippen molar-refractivity contribution in [3.05, 3.63) is 30.5 Å². The van der Waals surface area contributed by atoms with Gasteiger partial charge in [0.15, 0.2) is 5.82 Å². The van der Waals surface area contributed by atoms with E-state index in [1.807, 2.05) is 20.8 Å². The van der Waals surface area contributed by atoms with Gasteiger partial charge in [-0.1, -0.05) is 12.1 Å². The second-order valence-corrected chi connectivity index (χ2v) is 6.79. The van der Waals surface area contributed by atoms with Crippen LogP contribution < -0.4 is 5.48 Å². The molecule has 0 aliphatic carbocycles. The molecule has 9 nitrogen and oxygen atoms in total. The summed E-state index contributed by atoms with van der Waals surface area (Å²) < 4.78 is 10.3. The molecule has 1 aliphatic rings. The number of carbonyl (C=O) groups is 1. The Kier molecular flexibility index (Phi) is 5.50. The average molecular weight is 373 g/mol. The van der Waals surface area contributed by atoms with Gasteiger partial charge in [-0.05, 0) is 20.3 Å². The molecular weight excluding hydrogens is 350 g/mol. The van der Waals surface area contributed by atoms with Gasteiger partial charge in [-0.25, -0.2) is 9.97 Å². The van der Waals surface area contributed by atoms with Crippen molar-refractivity contribution in [2.45, 2.75) is 39.4 Å². The number of cyclic esters (lactones) is 1. The van der Waals surface area contributed by atoms with E-state index in [2.05, 4.69) is 25.6 Å². The van der Waals surface area contributed by atoms with Gasteiger partial charge in [0.2, 0.25) is 0 Å². The molecule has 2 atom stereocenters. The highest BCUT2D eigenvalue weighted by Gasteiger charge is 2.51. The maximum Gasteiger partial charge on any atom is 0.317 e. The lowest BCUT2D eigenvalue weighted by atomic mass is 9.80. The van der Waals surface area contributed by atoms with Gasteiger partial charge in [-0.15, -0.1) is 0 Å². The Labute approximate surface area is 157 Å². The van der Waals surface area contributed by atoms with E-state index >= 15 is 0 Å². The first-order chi connectivity index (χ1) is 13.0. The maximum atomic E-state index is 12.3. The van der Waals surface area contributed by atoms with Crippen molar-refractivity contribution < 1.29 is 18.9 Å². The highest BCUT2D eigenvalue weighted by atomic mass is 16.6. The van der Waals surface area contributed by atoms with Crippen molar-refractivity contribution in [3.8, 4) is 11.3 Å². The van der Waals surface area contributed by atoms with E-state index in [9.17, 15) is 4.79 Å². The minimum absolute atomic E-state index is 0.0118. The van der Waals surface area contributed by atoms with Gasteiger partial charge in [0.25, 0.3) is 0 Å². The number of nitrogens with zero attached hydrogens (tertiary/aromatic N) is 4. The standard InChI is InChI=1S/C18H23N5O4/c1-5-12-15(17(24)27-18(12,2)3)16(19-4)23-26-10-14-20-8-11(9-21-14)13-6-7-25-22-13/h6-9,12,15H,5,10H2,1-4H3,(H,19,23). The second kappa shape index (κ2) is 7.83. The summed E-state index contributed by atoms with van der Waals surface area (Å²) in [7, 11) is 1.61. The molecule has 1 fully saturated rings. The Morgan fingerprint density at radius 2 is 2.11 bits per heavy atom. The van der Waals surface area contributed by atoms with Crippen LogP contribution in [0.1, 0.15) is 33.0 Å². The lowest BCUT2D eigenvalue weighted by Gasteiger charge is -2.26. The van der Waals surface area contributed by atoms with Gasteiger partial charge >= 0.3 is 5.97 Å². The molecule has 27 heavy (non-hydrogen) atoms. The molecule has 2 unspecified atom stereocenters. The second-order valence-electron chi connectivity index (χ2n) is 6.79. The third-order valence-electron chi connectivity index (χ3n) is 4.71. The van der Waals surface area contributed by atoms with E-state index in [1.54, 1.807) is 25.5 Å². The molecule has 3 rings (SSSR count). The van der Waals surface area contributed by atoms with Crippen LogP contribution in [0.4, 0.5) is 0 Å². The van der Waals surface area contributed by atoms with Gasteiger partial charge < -0.3 is 9.26 Å². The third-order valence-corrected chi connectivity index (χ3v) is 4.71. The van der Waals surface area contributed by atoms with Gasteiger partial charge in [0, 0.05) is 37.0 Å². The van der Waals surface area contributed by atoms with Crippen LogP contribution in [0, 0.1) is 11.8 Å². The lowest BCUT2D eigenvalue weighted by molar-refractivity contribution is -0.147. The van der Waals surface area contributed by atoms with Gasteiger partial charge in [0.05, 0.1) is 0 Å². The summed E-state index contributed by atoms with van der Waals surface area (Å²) in [5, 5.41) is 3.83. The number of aliphatic imine (C=N–C) groups is 1. The number of hydrogen-bond acceptors (Lipinski definition) is 8. The number of amidine groups is 1. The molecule has 1 aliphatic heterocycles. The first kappa shape index (κ1) is 19.0. The van der Waals surface area contributed by atoms with Gasteiger partial charge in [-0.3, -0.25) is 20.1 Å². The molecule has 2 aromatic heterocycles. The van der Waals surface area contributed by atoms with Crippen molar-refractivity contribution in [1.82, 2.24) is 20.6 Å². The number of ether oxygens (including phenoxy) is 1. The summed E-state index contributed by atoms with van der Waals surface area (Å²) in [6.07, 6.45) is 5.56. The lowest BCUT2D eigenvalue weighted by Crippen LogP contribution is -2.39. The Morgan fingerprint density at radius 3 is 2.70 bits per heavy atom. The molecule has 144 valence electrons. The van der Waals surface area contributed by atoms with E-state index in [1.165, 1.54) is 6.26 Å². The van der Waals surface area contributed by atoms with Crippen LogP contribution >= 0.6 is 0 Å². The topological polar surface area (TPSA) is 112 Å². The van der Waals surface area contributed by atoms with Crippen LogP contribution in [-0.4, -0.2) is 39.6 Å². The fourth-order valence-electron chi connectivity index (χ4n) is 3.34. The van der Waals surface area contributed by atoms with E-state index < -0.39 is 11.5 Å². The Bertz CT molecular complexity index is 802. The van der Waals surface area contributed by atoms with Crippen molar-refractivity contribution in [3.63, 3.8) is 0 Å². The molecule has 9 heteroatoms. The van der Waals surface area contributed by atoms with Crippen molar-refractivity contribution in [2.24, 2.45) is 16.8 Å². The maximum absolute atomic E-state index is 12.3.